The van der Waals surface area contributed by atoms with Crippen molar-refractivity contribution in [3.63, 3.8) is 0 Å². The van der Waals surface area contributed by atoms with E-state index in [9.17, 15) is 14.0 Å². The fraction of sp³-hybridized carbons (Fsp3) is 0.290. The van der Waals surface area contributed by atoms with Gasteiger partial charge in [-0.25, -0.2) is 4.39 Å². The average Bonchev–Trinajstić information content (AvgIpc) is 3.23. The third kappa shape index (κ3) is 4.53. The Kier molecular flexibility index (Phi) is 7.18. The Balaban J connectivity index is 1.66. The van der Waals surface area contributed by atoms with Crippen molar-refractivity contribution in [2.45, 2.75) is 45.6 Å². The summed E-state index contributed by atoms with van der Waals surface area (Å²) in [5, 5.41) is 0.0903. The van der Waals surface area contributed by atoms with Gasteiger partial charge in [-0.05, 0) is 66.4 Å². The van der Waals surface area contributed by atoms with Gasteiger partial charge in [-0.1, -0.05) is 44.9 Å². The molecular formula is C31H30FNO5. The molecule has 0 bridgehead atoms. The highest BCUT2D eigenvalue weighted by Crippen LogP contribution is 2.43. The van der Waals surface area contributed by atoms with Crippen molar-refractivity contribution in [1.82, 2.24) is 0 Å². The Hall–Kier alpha value is -4.13. The molecule has 0 saturated heterocycles. The van der Waals surface area contributed by atoms with E-state index in [1.54, 1.807) is 24.1 Å². The molecule has 0 spiro atoms. The van der Waals surface area contributed by atoms with E-state index in [2.05, 4.69) is 13.8 Å². The number of benzene rings is 3. The van der Waals surface area contributed by atoms with Crippen LogP contribution in [0.5, 0.6) is 11.5 Å². The molecule has 1 aromatic heterocycles. The highest BCUT2D eigenvalue weighted by atomic mass is 19.1. The lowest BCUT2D eigenvalue weighted by molar-refractivity contribution is 0.0971. The molecule has 2 heterocycles. The minimum atomic E-state index is -0.795. The minimum Gasteiger partial charge on any atom is -0.493 e. The molecule has 4 aromatic rings. The Bertz CT molecular complexity index is 1540. The van der Waals surface area contributed by atoms with Crippen molar-refractivity contribution in [3.8, 4) is 11.5 Å². The third-order valence-corrected chi connectivity index (χ3v) is 6.96. The predicted octanol–water partition coefficient (Wildman–Crippen LogP) is 6.82. The molecule has 7 heteroatoms. The second-order valence-corrected chi connectivity index (χ2v) is 9.38. The first-order valence-electron chi connectivity index (χ1n) is 13.0. The molecule has 3 aromatic carbocycles. The molecule has 38 heavy (non-hydrogen) atoms. The highest BCUT2D eigenvalue weighted by molar-refractivity contribution is 6.10. The second-order valence-electron chi connectivity index (χ2n) is 9.38. The van der Waals surface area contributed by atoms with Crippen LogP contribution in [0.1, 0.15) is 66.4 Å². The van der Waals surface area contributed by atoms with Crippen molar-refractivity contribution in [2.24, 2.45) is 0 Å². The van der Waals surface area contributed by atoms with E-state index in [0.29, 0.717) is 29.4 Å². The summed E-state index contributed by atoms with van der Waals surface area (Å²) in [5.74, 6) is 0.0543. The van der Waals surface area contributed by atoms with Gasteiger partial charge in [0.1, 0.15) is 11.4 Å². The number of rotatable bonds is 9. The first kappa shape index (κ1) is 25.5. The van der Waals surface area contributed by atoms with Crippen LogP contribution in [0.2, 0.25) is 0 Å². The van der Waals surface area contributed by atoms with Crippen LogP contribution in [0.15, 0.2) is 69.9 Å². The fourth-order valence-electron chi connectivity index (χ4n) is 4.93. The molecule has 0 radical (unpaired) electrons. The number of aryl methyl sites for hydroxylation is 1. The average molecular weight is 516 g/mol. The number of ether oxygens (including phenoxy) is 2. The van der Waals surface area contributed by atoms with E-state index in [1.165, 1.54) is 12.1 Å². The van der Waals surface area contributed by atoms with Gasteiger partial charge in [-0.2, -0.15) is 0 Å². The van der Waals surface area contributed by atoms with Gasteiger partial charge in [0.25, 0.3) is 5.91 Å². The number of hydrogen-bond donors (Lipinski definition) is 0. The Labute approximate surface area is 220 Å². The molecule has 196 valence electrons. The van der Waals surface area contributed by atoms with Crippen LogP contribution >= 0.6 is 0 Å². The van der Waals surface area contributed by atoms with Gasteiger partial charge in [0, 0.05) is 5.69 Å². The smallest absolute Gasteiger partial charge is 0.295 e. The maximum Gasteiger partial charge on any atom is 0.295 e. The molecule has 0 N–H and O–H groups in total. The summed E-state index contributed by atoms with van der Waals surface area (Å²) in [4.78, 5) is 29.1. The van der Waals surface area contributed by atoms with E-state index >= 15 is 0 Å². The molecule has 1 aliphatic rings. The van der Waals surface area contributed by atoms with Gasteiger partial charge in [-0.15, -0.1) is 0 Å². The third-order valence-electron chi connectivity index (χ3n) is 6.96. The number of fused-ring (bicyclic) bond motifs is 2. The van der Waals surface area contributed by atoms with Crippen molar-refractivity contribution < 1.29 is 23.1 Å². The molecule has 1 unspecified atom stereocenters. The molecule has 1 atom stereocenters. The minimum absolute atomic E-state index is 0.0439. The summed E-state index contributed by atoms with van der Waals surface area (Å²) >= 11 is 0. The summed E-state index contributed by atoms with van der Waals surface area (Å²) < 4.78 is 31.6. The van der Waals surface area contributed by atoms with Crippen LogP contribution < -0.4 is 19.8 Å². The normalized spacial score (nSPS) is 14.7. The lowest BCUT2D eigenvalue weighted by Gasteiger charge is -2.26. The number of anilines is 1. The Morgan fingerprint density at radius 1 is 0.947 bits per heavy atom. The maximum atomic E-state index is 14.1. The number of carbonyl (C=O) groups excluding carboxylic acids is 1. The molecule has 0 saturated carbocycles. The Morgan fingerprint density at radius 2 is 1.74 bits per heavy atom. The monoisotopic (exact) mass is 515 g/mol. The molecule has 1 aliphatic heterocycles. The summed E-state index contributed by atoms with van der Waals surface area (Å²) in [6, 6.07) is 16.0. The molecular weight excluding hydrogens is 485 g/mol. The van der Waals surface area contributed by atoms with E-state index in [0.717, 1.165) is 37.3 Å². The first-order chi connectivity index (χ1) is 18.5. The van der Waals surface area contributed by atoms with Gasteiger partial charge in [0.05, 0.1) is 30.7 Å². The number of hydrogen-bond acceptors (Lipinski definition) is 5. The van der Waals surface area contributed by atoms with Crippen LogP contribution in [0, 0.1) is 5.82 Å². The zero-order chi connectivity index (χ0) is 26.8. The Morgan fingerprint density at radius 3 is 2.45 bits per heavy atom. The standard InChI is InChI=1S/C31H30FNO5/c1-4-6-7-16-37-25-14-10-20(17-26(25)36-3)28-27-29(34)23-18-21(32)11-15-24(23)38-30(27)31(35)33(28)22-12-8-19(5-2)9-13-22/h8-15,17-18,28H,4-7,16H2,1-3H3. The van der Waals surface area contributed by atoms with Crippen molar-refractivity contribution in [3.05, 3.63) is 99.2 Å². The number of halogens is 1. The van der Waals surface area contributed by atoms with Crippen LogP contribution in [0.4, 0.5) is 10.1 Å². The zero-order valence-electron chi connectivity index (χ0n) is 21.8. The van der Waals surface area contributed by atoms with E-state index in [4.69, 9.17) is 13.9 Å². The second kappa shape index (κ2) is 10.7. The molecule has 6 nitrogen and oxygen atoms in total. The molecule has 5 rings (SSSR count). The summed E-state index contributed by atoms with van der Waals surface area (Å²) in [7, 11) is 1.55. The van der Waals surface area contributed by atoms with Gasteiger partial charge in [-0.3, -0.25) is 14.5 Å². The maximum absolute atomic E-state index is 14.1. The molecule has 1 amide bonds. The SMILES string of the molecule is CCCCCOc1ccc(C2c3c(oc4ccc(F)cc4c3=O)C(=O)N2c2ccc(CC)cc2)cc1OC. The quantitative estimate of drug-likeness (QED) is 0.229. The van der Waals surface area contributed by atoms with Gasteiger partial charge in [0.15, 0.2) is 16.9 Å². The van der Waals surface area contributed by atoms with Crippen LogP contribution in [0.3, 0.4) is 0 Å². The van der Waals surface area contributed by atoms with Crippen molar-refractivity contribution >= 4 is 22.6 Å². The van der Waals surface area contributed by atoms with Crippen LogP contribution in [-0.4, -0.2) is 19.6 Å². The van der Waals surface area contributed by atoms with E-state index in [1.807, 2.05) is 30.3 Å². The zero-order valence-corrected chi connectivity index (χ0v) is 21.8. The molecule has 0 aliphatic carbocycles. The predicted molar refractivity (Wildman–Crippen MR) is 145 cm³/mol. The summed E-state index contributed by atoms with van der Waals surface area (Å²) in [6.45, 7) is 4.75. The van der Waals surface area contributed by atoms with Gasteiger partial charge in [0.2, 0.25) is 5.76 Å². The van der Waals surface area contributed by atoms with Crippen molar-refractivity contribution in [1.29, 1.82) is 0 Å². The number of unbranched alkanes of at least 4 members (excludes halogenated alkanes) is 2. The number of amides is 1. The lowest BCUT2D eigenvalue weighted by Crippen LogP contribution is -2.29. The van der Waals surface area contributed by atoms with E-state index < -0.39 is 23.2 Å². The summed E-state index contributed by atoms with van der Waals surface area (Å²) in [6.07, 6.45) is 3.94. The first-order valence-corrected chi connectivity index (χ1v) is 13.0. The number of carbonyl (C=O) groups is 1. The van der Waals surface area contributed by atoms with Crippen molar-refractivity contribution in [2.75, 3.05) is 18.6 Å². The molecule has 0 fully saturated rings. The highest BCUT2D eigenvalue weighted by Gasteiger charge is 2.44. The summed E-state index contributed by atoms with van der Waals surface area (Å²) in [5.41, 5.74) is 2.29. The van der Waals surface area contributed by atoms with Crippen LogP contribution in [0.25, 0.3) is 11.0 Å². The largest absolute Gasteiger partial charge is 0.493 e. The van der Waals surface area contributed by atoms with Gasteiger partial charge < -0.3 is 13.9 Å². The van der Waals surface area contributed by atoms with E-state index in [-0.39, 0.29) is 22.3 Å². The van der Waals surface area contributed by atoms with Gasteiger partial charge >= 0.3 is 0 Å². The topological polar surface area (TPSA) is 69.0 Å². The number of nitrogens with zero attached hydrogens (tertiary/aromatic N) is 1. The fourth-order valence-corrected chi connectivity index (χ4v) is 4.93. The number of methoxy groups -OCH3 is 1. The lowest BCUT2D eigenvalue weighted by atomic mass is 9.97. The van der Waals surface area contributed by atoms with Crippen LogP contribution in [-0.2, 0) is 6.42 Å².